The molecule has 1 atom stereocenters. The number of carbonyl (C=O) groups is 1. The number of hydrogen-bond donors (Lipinski definition) is 1. The number of thiophene rings is 1. The third-order valence-electron chi connectivity index (χ3n) is 4.64. The summed E-state index contributed by atoms with van der Waals surface area (Å²) in [6.45, 7) is 3.82. The Hall–Kier alpha value is -1.63. The van der Waals surface area contributed by atoms with Crippen LogP contribution in [-0.2, 0) is 17.6 Å². The first-order chi connectivity index (χ1) is 13.0. The zero-order valence-corrected chi connectivity index (χ0v) is 17.6. The smallest absolute Gasteiger partial charge is 0.237 e. The van der Waals surface area contributed by atoms with Crippen LogP contribution < -0.4 is 5.32 Å². The van der Waals surface area contributed by atoms with E-state index in [1.165, 1.54) is 35.0 Å². The Bertz CT molecular complexity index is 1020. The summed E-state index contributed by atoms with van der Waals surface area (Å²) >= 11 is 9.30. The highest BCUT2D eigenvalue weighted by Crippen LogP contribution is 2.40. The Morgan fingerprint density at radius 3 is 2.93 bits per heavy atom. The van der Waals surface area contributed by atoms with Crippen molar-refractivity contribution in [3.05, 3.63) is 45.6 Å². The number of rotatable bonds is 4. The first kappa shape index (κ1) is 18.7. The molecular formula is C20H20ClN3OS2. The molecule has 0 fully saturated rings. The number of anilines is 1. The monoisotopic (exact) mass is 417 g/mol. The molecule has 0 bridgehead atoms. The number of halogens is 1. The van der Waals surface area contributed by atoms with Crippen molar-refractivity contribution >= 4 is 56.5 Å². The lowest BCUT2D eigenvalue weighted by Crippen LogP contribution is -2.22. The van der Waals surface area contributed by atoms with Gasteiger partial charge in [-0.1, -0.05) is 29.4 Å². The molecule has 1 aromatic carbocycles. The van der Waals surface area contributed by atoms with Crippen LogP contribution in [0.15, 0.2) is 29.3 Å². The second-order valence-electron chi connectivity index (χ2n) is 6.73. The third-order valence-corrected chi connectivity index (χ3v) is 7.15. The highest BCUT2D eigenvalue weighted by atomic mass is 35.5. The number of fused-ring (bicyclic) bond motifs is 3. The maximum atomic E-state index is 12.7. The van der Waals surface area contributed by atoms with Crippen LogP contribution in [0.5, 0.6) is 0 Å². The number of aromatic nitrogens is 2. The molecule has 0 saturated heterocycles. The van der Waals surface area contributed by atoms with Gasteiger partial charge in [0.1, 0.15) is 15.7 Å². The first-order valence-corrected chi connectivity index (χ1v) is 11.1. The van der Waals surface area contributed by atoms with Crippen molar-refractivity contribution in [1.29, 1.82) is 0 Å². The number of benzene rings is 1. The van der Waals surface area contributed by atoms with Gasteiger partial charge in [0.05, 0.1) is 5.25 Å². The maximum Gasteiger partial charge on any atom is 0.237 e. The molecule has 2 heterocycles. The maximum absolute atomic E-state index is 12.7. The molecule has 1 N–H and O–H groups in total. The van der Waals surface area contributed by atoms with Gasteiger partial charge >= 0.3 is 0 Å². The van der Waals surface area contributed by atoms with E-state index in [1.807, 2.05) is 26.0 Å². The summed E-state index contributed by atoms with van der Waals surface area (Å²) < 4.78 is 0. The van der Waals surface area contributed by atoms with Crippen LogP contribution in [0.1, 0.15) is 36.0 Å². The van der Waals surface area contributed by atoms with Crippen LogP contribution in [0.2, 0.25) is 5.02 Å². The molecule has 1 aliphatic rings. The Balaban J connectivity index is 1.60. The largest absolute Gasteiger partial charge is 0.325 e. The molecule has 0 saturated carbocycles. The Morgan fingerprint density at radius 1 is 1.30 bits per heavy atom. The summed E-state index contributed by atoms with van der Waals surface area (Å²) in [5.74, 6) is 0.696. The SMILES string of the molecule is Cc1nc(S[C@H](C)C(=O)Nc2cccc(Cl)c2)c2c3c(sc2n1)CCCC3. The Kier molecular flexibility index (Phi) is 5.39. The van der Waals surface area contributed by atoms with Gasteiger partial charge in [-0.15, -0.1) is 11.3 Å². The average molecular weight is 418 g/mol. The lowest BCUT2D eigenvalue weighted by atomic mass is 9.97. The van der Waals surface area contributed by atoms with Gasteiger partial charge in [-0.3, -0.25) is 4.79 Å². The molecule has 4 rings (SSSR count). The Morgan fingerprint density at radius 2 is 2.11 bits per heavy atom. The van der Waals surface area contributed by atoms with E-state index in [9.17, 15) is 4.79 Å². The number of carbonyl (C=O) groups excluding carboxylic acids is 1. The van der Waals surface area contributed by atoms with Gasteiger partial charge in [-0.05, 0) is 63.3 Å². The summed E-state index contributed by atoms with van der Waals surface area (Å²) in [6, 6.07) is 7.20. The van der Waals surface area contributed by atoms with E-state index in [4.69, 9.17) is 11.6 Å². The van der Waals surface area contributed by atoms with Gasteiger partial charge in [-0.2, -0.15) is 0 Å². The molecule has 0 radical (unpaired) electrons. The highest BCUT2D eigenvalue weighted by molar-refractivity contribution is 8.00. The van der Waals surface area contributed by atoms with Crippen molar-refractivity contribution in [3.63, 3.8) is 0 Å². The van der Waals surface area contributed by atoms with Crippen LogP contribution in [0, 0.1) is 6.92 Å². The molecule has 0 aliphatic heterocycles. The molecule has 2 aromatic heterocycles. The van der Waals surface area contributed by atoms with Gasteiger partial charge in [0, 0.05) is 21.0 Å². The van der Waals surface area contributed by atoms with E-state index in [2.05, 4.69) is 15.3 Å². The first-order valence-electron chi connectivity index (χ1n) is 9.03. The Labute approximate surface area is 171 Å². The summed E-state index contributed by atoms with van der Waals surface area (Å²) in [6.07, 6.45) is 4.66. The molecule has 4 nitrogen and oxygen atoms in total. The van der Waals surface area contributed by atoms with Crippen molar-refractivity contribution in [2.24, 2.45) is 0 Å². The molecule has 27 heavy (non-hydrogen) atoms. The molecule has 0 unspecified atom stereocenters. The van der Waals surface area contributed by atoms with Crippen LogP contribution in [0.4, 0.5) is 5.69 Å². The number of aryl methyl sites for hydroxylation is 3. The number of nitrogens with zero attached hydrogens (tertiary/aromatic N) is 2. The normalized spacial score (nSPS) is 14.8. The third kappa shape index (κ3) is 3.98. The fourth-order valence-electron chi connectivity index (χ4n) is 3.34. The van der Waals surface area contributed by atoms with E-state index < -0.39 is 0 Å². The molecule has 3 aromatic rings. The minimum Gasteiger partial charge on any atom is -0.325 e. The molecule has 1 amide bonds. The van der Waals surface area contributed by atoms with E-state index in [-0.39, 0.29) is 11.2 Å². The molecule has 0 spiro atoms. The fraction of sp³-hybridized carbons (Fsp3) is 0.350. The van der Waals surface area contributed by atoms with E-state index in [1.54, 1.807) is 23.5 Å². The van der Waals surface area contributed by atoms with Crippen molar-refractivity contribution < 1.29 is 4.79 Å². The zero-order chi connectivity index (χ0) is 19.0. The van der Waals surface area contributed by atoms with Crippen molar-refractivity contribution in [3.8, 4) is 0 Å². The average Bonchev–Trinajstić information content (AvgIpc) is 2.99. The minimum absolute atomic E-state index is 0.0595. The predicted octanol–water partition coefficient (Wildman–Crippen LogP) is 5.65. The van der Waals surface area contributed by atoms with Gasteiger partial charge in [0.2, 0.25) is 5.91 Å². The van der Waals surface area contributed by atoms with Crippen molar-refractivity contribution in [2.45, 2.75) is 49.8 Å². The minimum atomic E-state index is -0.277. The number of hydrogen-bond acceptors (Lipinski definition) is 5. The van der Waals surface area contributed by atoms with Crippen LogP contribution >= 0.6 is 34.7 Å². The quantitative estimate of drug-likeness (QED) is 0.440. The zero-order valence-electron chi connectivity index (χ0n) is 15.2. The van der Waals surface area contributed by atoms with Crippen LogP contribution in [-0.4, -0.2) is 21.1 Å². The second-order valence-corrected chi connectivity index (χ2v) is 9.58. The van der Waals surface area contributed by atoms with E-state index in [0.29, 0.717) is 10.7 Å². The molecule has 140 valence electrons. The summed E-state index contributed by atoms with van der Waals surface area (Å²) in [5, 5.41) is 5.34. The van der Waals surface area contributed by atoms with Crippen molar-refractivity contribution in [1.82, 2.24) is 9.97 Å². The lowest BCUT2D eigenvalue weighted by Gasteiger charge is -2.14. The molecular weight excluding hydrogens is 398 g/mol. The summed E-state index contributed by atoms with van der Waals surface area (Å²) in [4.78, 5) is 24.5. The number of amides is 1. The second kappa shape index (κ2) is 7.78. The number of thioether (sulfide) groups is 1. The van der Waals surface area contributed by atoms with Gasteiger partial charge in [0.25, 0.3) is 0 Å². The predicted molar refractivity (Wildman–Crippen MR) is 114 cm³/mol. The van der Waals surface area contributed by atoms with E-state index >= 15 is 0 Å². The fourth-order valence-corrected chi connectivity index (χ4v) is 5.93. The van der Waals surface area contributed by atoms with Gasteiger partial charge < -0.3 is 5.32 Å². The van der Waals surface area contributed by atoms with Gasteiger partial charge in [0.15, 0.2) is 0 Å². The molecule has 1 aliphatic carbocycles. The topological polar surface area (TPSA) is 54.9 Å². The van der Waals surface area contributed by atoms with Crippen molar-refractivity contribution in [2.75, 3.05) is 5.32 Å². The highest BCUT2D eigenvalue weighted by Gasteiger charge is 2.23. The lowest BCUT2D eigenvalue weighted by molar-refractivity contribution is -0.115. The van der Waals surface area contributed by atoms with Crippen LogP contribution in [0.25, 0.3) is 10.2 Å². The standard InChI is InChI=1S/C20H20ClN3OS2/c1-11(18(25)24-14-7-5-6-13(21)10-14)26-19-17-15-8-3-4-9-16(15)27-20(17)23-12(2)22-19/h5-7,10-11H,3-4,8-9H2,1-2H3,(H,24,25)/t11-/m1/s1. The summed E-state index contributed by atoms with van der Waals surface area (Å²) in [5.41, 5.74) is 2.10. The van der Waals surface area contributed by atoms with Crippen LogP contribution in [0.3, 0.4) is 0 Å². The van der Waals surface area contributed by atoms with Gasteiger partial charge in [-0.25, -0.2) is 9.97 Å². The summed E-state index contributed by atoms with van der Waals surface area (Å²) in [7, 11) is 0. The van der Waals surface area contributed by atoms with E-state index in [0.717, 1.165) is 33.9 Å². The number of nitrogens with one attached hydrogen (secondary N) is 1. The molecule has 7 heteroatoms.